The van der Waals surface area contributed by atoms with E-state index < -0.39 is 10.8 Å². The lowest BCUT2D eigenvalue weighted by atomic mass is 10.2. The number of nitrogens with zero attached hydrogens (tertiary/aromatic N) is 3. The molecule has 0 radical (unpaired) electrons. The van der Waals surface area contributed by atoms with Crippen LogP contribution in [0.15, 0.2) is 41.5 Å². The number of anilines is 2. The van der Waals surface area contributed by atoms with Gasteiger partial charge in [-0.15, -0.1) is 0 Å². The molecule has 0 aromatic heterocycles. The Morgan fingerprint density at radius 2 is 1.87 bits per heavy atom. The van der Waals surface area contributed by atoms with Crippen LogP contribution in [0.4, 0.5) is 17.1 Å². The number of hydrogen-bond acceptors (Lipinski definition) is 6. The molecule has 2 aromatic carbocycles. The van der Waals surface area contributed by atoms with Crippen molar-refractivity contribution in [3.63, 3.8) is 0 Å². The van der Waals surface area contributed by atoms with Crippen molar-refractivity contribution >= 4 is 46.7 Å². The zero-order chi connectivity index (χ0) is 22.3. The van der Waals surface area contributed by atoms with Crippen LogP contribution in [-0.4, -0.2) is 37.0 Å². The number of carbonyl (C=O) groups is 2. The molecule has 0 atom stereocenters. The largest absolute Gasteiger partial charge is 0.372 e. The van der Waals surface area contributed by atoms with Crippen LogP contribution in [0.2, 0.25) is 5.02 Å². The molecule has 158 valence electrons. The maximum Gasteiger partial charge on any atom is 0.293 e. The molecular formula is C20H22ClN5O4. The van der Waals surface area contributed by atoms with Crippen LogP contribution >= 0.6 is 11.6 Å². The highest BCUT2D eigenvalue weighted by Crippen LogP contribution is 2.27. The monoisotopic (exact) mass is 431 g/mol. The topological polar surface area (TPSA) is 117 Å². The van der Waals surface area contributed by atoms with Crippen LogP contribution < -0.4 is 15.6 Å². The predicted molar refractivity (Wildman–Crippen MR) is 117 cm³/mol. The third-order valence-corrected chi connectivity index (χ3v) is 4.52. The number of aryl methyl sites for hydroxylation is 1. The first-order valence-electron chi connectivity index (χ1n) is 9.01. The SMILES string of the molecule is Cc1ccc(NC(=O)CCC(=O)NN=Cc2ccc(N(C)C)c([N+](=O)[O-])c2)cc1Cl. The number of nitro benzene ring substituents is 1. The minimum Gasteiger partial charge on any atom is -0.372 e. The highest BCUT2D eigenvalue weighted by atomic mass is 35.5. The zero-order valence-electron chi connectivity index (χ0n) is 16.8. The second-order valence-corrected chi connectivity index (χ2v) is 7.11. The molecule has 2 amide bonds. The summed E-state index contributed by atoms with van der Waals surface area (Å²) in [6, 6.07) is 9.77. The van der Waals surface area contributed by atoms with Gasteiger partial charge in [0.1, 0.15) is 5.69 Å². The summed E-state index contributed by atoms with van der Waals surface area (Å²) in [6.45, 7) is 1.85. The van der Waals surface area contributed by atoms with Crippen molar-refractivity contribution in [3.8, 4) is 0 Å². The number of rotatable bonds is 8. The van der Waals surface area contributed by atoms with Crippen LogP contribution in [0, 0.1) is 17.0 Å². The normalized spacial score (nSPS) is 10.7. The second kappa shape index (κ2) is 10.4. The maximum atomic E-state index is 12.0. The summed E-state index contributed by atoms with van der Waals surface area (Å²) in [4.78, 5) is 36.2. The van der Waals surface area contributed by atoms with E-state index in [9.17, 15) is 19.7 Å². The summed E-state index contributed by atoms with van der Waals surface area (Å²) < 4.78 is 0. The van der Waals surface area contributed by atoms with Crippen LogP contribution in [0.5, 0.6) is 0 Å². The molecule has 0 fully saturated rings. The number of nitrogens with one attached hydrogen (secondary N) is 2. The fourth-order valence-corrected chi connectivity index (χ4v) is 2.68. The number of hydrogen-bond donors (Lipinski definition) is 2. The quantitative estimate of drug-likeness (QED) is 0.377. The van der Waals surface area contributed by atoms with E-state index in [0.29, 0.717) is 22.0 Å². The van der Waals surface area contributed by atoms with Gasteiger partial charge < -0.3 is 10.2 Å². The molecule has 0 spiro atoms. The average Bonchev–Trinajstić information content (AvgIpc) is 2.69. The number of nitro groups is 1. The lowest BCUT2D eigenvalue weighted by molar-refractivity contribution is -0.384. The summed E-state index contributed by atoms with van der Waals surface area (Å²) in [5.74, 6) is -0.785. The van der Waals surface area contributed by atoms with Crippen molar-refractivity contribution < 1.29 is 14.5 Å². The Balaban J connectivity index is 1.86. The van der Waals surface area contributed by atoms with Gasteiger partial charge >= 0.3 is 0 Å². The average molecular weight is 432 g/mol. The zero-order valence-corrected chi connectivity index (χ0v) is 17.6. The van der Waals surface area contributed by atoms with Crippen molar-refractivity contribution in [2.45, 2.75) is 19.8 Å². The molecular weight excluding hydrogens is 410 g/mol. The van der Waals surface area contributed by atoms with Crippen LogP contribution in [0.25, 0.3) is 0 Å². The van der Waals surface area contributed by atoms with Gasteiger partial charge in [0.2, 0.25) is 11.8 Å². The Labute approximate surface area is 178 Å². The standard InChI is InChI=1S/C20H22ClN5O4/c1-13-4-6-15(11-16(13)21)23-19(27)8-9-20(28)24-22-12-14-5-7-17(25(2)3)18(10-14)26(29)30/h4-7,10-12H,8-9H2,1-3H3,(H,23,27)(H,24,28). The van der Waals surface area contributed by atoms with Crippen molar-refractivity contribution in [2.75, 3.05) is 24.3 Å². The lowest BCUT2D eigenvalue weighted by Gasteiger charge is -2.12. The number of benzene rings is 2. The molecule has 0 aliphatic heterocycles. The minimum atomic E-state index is -0.481. The molecule has 2 N–H and O–H groups in total. The van der Waals surface area contributed by atoms with Gasteiger partial charge in [0.25, 0.3) is 5.69 Å². The molecule has 0 aliphatic rings. The molecule has 10 heteroatoms. The Hall–Kier alpha value is -3.46. The Morgan fingerprint density at radius 3 is 2.50 bits per heavy atom. The molecule has 2 aromatic rings. The number of carbonyl (C=O) groups excluding carboxylic acids is 2. The molecule has 0 saturated heterocycles. The van der Waals surface area contributed by atoms with E-state index in [4.69, 9.17) is 11.6 Å². The van der Waals surface area contributed by atoms with Gasteiger partial charge in [-0.25, -0.2) is 5.43 Å². The van der Waals surface area contributed by atoms with Gasteiger partial charge in [0.05, 0.1) is 11.1 Å². The van der Waals surface area contributed by atoms with Crippen LogP contribution in [0.1, 0.15) is 24.0 Å². The minimum absolute atomic E-state index is 0.0319. The summed E-state index contributed by atoms with van der Waals surface area (Å²) in [5, 5.41) is 18.2. The van der Waals surface area contributed by atoms with E-state index in [1.54, 1.807) is 49.3 Å². The highest BCUT2D eigenvalue weighted by molar-refractivity contribution is 6.31. The van der Waals surface area contributed by atoms with E-state index in [1.165, 1.54) is 12.3 Å². The summed E-state index contributed by atoms with van der Waals surface area (Å²) in [5.41, 5.74) is 4.61. The molecule has 0 unspecified atom stereocenters. The van der Waals surface area contributed by atoms with Gasteiger partial charge in [0.15, 0.2) is 0 Å². The Bertz CT molecular complexity index is 991. The molecule has 0 aliphatic carbocycles. The molecule has 0 saturated carbocycles. The fraction of sp³-hybridized carbons (Fsp3) is 0.250. The highest BCUT2D eigenvalue weighted by Gasteiger charge is 2.15. The molecule has 0 bridgehead atoms. The van der Waals surface area contributed by atoms with Gasteiger partial charge in [-0.05, 0) is 30.7 Å². The van der Waals surface area contributed by atoms with Crippen molar-refractivity contribution in [2.24, 2.45) is 5.10 Å². The first-order chi connectivity index (χ1) is 14.2. The maximum absolute atomic E-state index is 12.0. The first-order valence-corrected chi connectivity index (χ1v) is 9.39. The van der Waals surface area contributed by atoms with Crippen molar-refractivity contribution in [1.29, 1.82) is 0 Å². The van der Waals surface area contributed by atoms with E-state index in [0.717, 1.165) is 5.56 Å². The number of amides is 2. The van der Waals surface area contributed by atoms with Gasteiger partial charge in [0, 0.05) is 49.3 Å². The summed E-state index contributed by atoms with van der Waals surface area (Å²) in [7, 11) is 3.42. The molecule has 9 nitrogen and oxygen atoms in total. The van der Waals surface area contributed by atoms with E-state index in [-0.39, 0.29) is 24.4 Å². The Morgan fingerprint density at radius 1 is 1.17 bits per heavy atom. The summed E-state index contributed by atoms with van der Waals surface area (Å²) >= 11 is 6.01. The number of hydrazone groups is 1. The van der Waals surface area contributed by atoms with E-state index in [2.05, 4.69) is 15.8 Å². The third kappa shape index (κ3) is 6.56. The van der Waals surface area contributed by atoms with E-state index in [1.807, 2.05) is 6.92 Å². The molecule has 2 rings (SSSR count). The van der Waals surface area contributed by atoms with Crippen molar-refractivity contribution in [3.05, 3.63) is 62.7 Å². The van der Waals surface area contributed by atoms with Gasteiger partial charge in [-0.2, -0.15) is 5.10 Å². The van der Waals surface area contributed by atoms with Gasteiger partial charge in [-0.3, -0.25) is 19.7 Å². The van der Waals surface area contributed by atoms with Gasteiger partial charge in [-0.1, -0.05) is 23.7 Å². The van der Waals surface area contributed by atoms with Crippen LogP contribution in [0.3, 0.4) is 0 Å². The predicted octanol–water partition coefficient (Wildman–Crippen LogP) is 3.49. The first kappa shape index (κ1) is 22.8. The fourth-order valence-electron chi connectivity index (χ4n) is 2.50. The molecule has 0 heterocycles. The Kier molecular flexibility index (Phi) is 7.88. The number of halogens is 1. The smallest absolute Gasteiger partial charge is 0.293 e. The second-order valence-electron chi connectivity index (χ2n) is 6.71. The van der Waals surface area contributed by atoms with E-state index >= 15 is 0 Å². The third-order valence-electron chi connectivity index (χ3n) is 4.12. The van der Waals surface area contributed by atoms with Crippen molar-refractivity contribution in [1.82, 2.24) is 5.43 Å². The molecule has 30 heavy (non-hydrogen) atoms. The van der Waals surface area contributed by atoms with Crippen LogP contribution in [-0.2, 0) is 9.59 Å². The summed E-state index contributed by atoms with van der Waals surface area (Å²) in [6.07, 6.45) is 1.21. The lowest BCUT2D eigenvalue weighted by Crippen LogP contribution is -2.20.